The summed E-state index contributed by atoms with van der Waals surface area (Å²) in [5.41, 5.74) is 1.69. The Morgan fingerprint density at radius 2 is 2.00 bits per heavy atom. The lowest BCUT2D eigenvalue weighted by atomic mass is 10.1. The largest absolute Gasteiger partial charge is 0.507 e. The Hall–Kier alpha value is -3.32. The number of carbonyl (C=O) groups excluding carboxylic acids is 3. The van der Waals surface area contributed by atoms with E-state index in [0.717, 1.165) is 10.5 Å². The third-order valence-electron chi connectivity index (χ3n) is 3.97. The first-order valence-corrected chi connectivity index (χ1v) is 8.41. The molecule has 0 aliphatic carbocycles. The minimum absolute atomic E-state index is 0.0544. The molecule has 138 valence electrons. The Bertz CT molecular complexity index is 971. The maximum Gasteiger partial charge on any atom is 0.329 e. The second-order valence-electron chi connectivity index (χ2n) is 5.95. The molecule has 0 aromatic heterocycles. The van der Waals surface area contributed by atoms with Crippen molar-refractivity contribution in [1.29, 1.82) is 0 Å². The van der Waals surface area contributed by atoms with E-state index in [2.05, 4.69) is 10.6 Å². The van der Waals surface area contributed by atoms with Crippen LogP contribution in [-0.4, -0.2) is 34.4 Å². The molecule has 0 bridgehead atoms. The van der Waals surface area contributed by atoms with E-state index in [0.29, 0.717) is 10.7 Å². The van der Waals surface area contributed by atoms with Crippen LogP contribution in [0, 0.1) is 6.92 Å². The van der Waals surface area contributed by atoms with Gasteiger partial charge in [0.2, 0.25) is 5.91 Å². The molecule has 0 saturated carbocycles. The molecule has 1 aliphatic rings. The van der Waals surface area contributed by atoms with E-state index in [1.54, 1.807) is 12.1 Å². The van der Waals surface area contributed by atoms with Gasteiger partial charge >= 0.3 is 6.03 Å². The number of aromatic hydroxyl groups is 1. The molecule has 0 spiro atoms. The van der Waals surface area contributed by atoms with Crippen molar-refractivity contribution >= 4 is 41.2 Å². The number of anilines is 1. The predicted octanol–water partition coefficient (Wildman–Crippen LogP) is 2.89. The van der Waals surface area contributed by atoms with Crippen LogP contribution in [0.5, 0.6) is 5.75 Å². The standard InChI is InChI=1S/C19H16ClN3O4/c1-11-4-2-3-5-14(11)21-17(25)10-23-18(26)15(22-19(23)27)9-12-8-13(20)6-7-16(12)24/h2-9,24H,10H2,1H3,(H,21,25)(H,22,27)/b15-9-. The molecule has 8 heteroatoms. The molecular formula is C19H16ClN3O4. The van der Waals surface area contributed by atoms with Crippen LogP contribution in [0.3, 0.4) is 0 Å². The second-order valence-corrected chi connectivity index (χ2v) is 6.38. The van der Waals surface area contributed by atoms with Gasteiger partial charge in [-0.25, -0.2) is 9.69 Å². The predicted molar refractivity (Wildman–Crippen MR) is 101 cm³/mol. The third kappa shape index (κ3) is 4.09. The average Bonchev–Trinajstić information content (AvgIpc) is 2.87. The maximum atomic E-state index is 12.5. The van der Waals surface area contributed by atoms with Crippen molar-refractivity contribution in [1.82, 2.24) is 10.2 Å². The van der Waals surface area contributed by atoms with Crippen molar-refractivity contribution in [2.75, 3.05) is 11.9 Å². The highest BCUT2D eigenvalue weighted by Crippen LogP contribution is 2.25. The van der Waals surface area contributed by atoms with Crippen molar-refractivity contribution in [2.24, 2.45) is 0 Å². The lowest BCUT2D eigenvalue weighted by Gasteiger charge is -2.13. The first-order chi connectivity index (χ1) is 12.8. The Labute approximate surface area is 160 Å². The molecule has 3 N–H and O–H groups in total. The SMILES string of the molecule is Cc1ccccc1NC(=O)CN1C(=O)N/C(=C\c2cc(Cl)ccc2O)C1=O. The number of nitrogens with one attached hydrogen (secondary N) is 2. The number of urea groups is 1. The van der Waals surface area contributed by atoms with Gasteiger partial charge in [0.1, 0.15) is 18.0 Å². The summed E-state index contributed by atoms with van der Waals surface area (Å²) >= 11 is 5.88. The summed E-state index contributed by atoms with van der Waals surface area (Å²) in [5.74, 6) is -1.26. The van der Waals surface area contributed by atoms with Crippen LogP contribution in [0.4, 0.5) is 10.5 Å². The number of aryl methyl sites for hydroxylation is 1. The second kappa shape index (κ2) is 7.51. The van der Waals surface area contributed by atoms with Crippen LogP contribution >= 0.6 is 11.6 Å². The Morgan fingerprint density at radius 1 is 1.26 bits per heavy atom. The Balaban J connectivity index is 1.74. The quantitative estimate of drug-likeness (QED) is 0.556. The number of benzene rings is 2. The fourth-order valence-electron chi connectivity index (χ4n) is 2.56. The summed E-state index contributed by atoms with van der Waals surface area (Å²) in [5, 5.41) is 15.3. The number of phenols is 1. The van der Waals surface area contributed by atoms with Gasteiger partial charge in [0, 0.05) is 16.3 Å². The van der Waals surface area contributed by atoms with Gasteiger partial charge in [-0.15, -0.1) is 0 Å². The maximum absolute atomic E-state index is 12.5. The van der Waals surface area contributed by atoms with Crippen molar-refractivity contribution in [3.8, 4) is 5.75 Å². The smallest absolute Gasteiger partial charge is 0.329 e. The topological polar surface area (TPSA) is 98.7 Å². The molecular weight excluding hydrogens is 370 g/mol. The molecule has 4 amide bonds. The summed E-state index contributed by atoms with van der Waals surface area (Å²) in [6.45, 7) is 1.40. The van der Waals surface area contributed by atoms with E-state index in [4.69, 9.17) is 11.6 Å². The van der Waals surface area contributed by atoms with Gasteiger partial charge in [0.15, 0.2) is 0 Å². The highest BCUT2D eigenvalue weighted by molar-refractivity contribution is 6.30. The number of imide groups is 1. The average molecular weight is 386 g/mol. The molecule has 27 heavy (non-hydrogen) atoms. The number of amides is 4. The van der Waals surface area contributed by atoms with Gasteiger partial charge in [0.25, 0.3) is 5.91 Å². The number of phenolic OH excluding ortho intramolecular Hbond substituents is 1. The normalized spacial score (nSPS) is 15.2. The molecule has 2 aromatic rings. The van der Waals surface area contributed by atoms with Gasteiger partial charge in [-0.1, -0.05) is 29.8 Å². The van der Waals surface area contributed by atoms with Gasteiger partial charge in [-0.05, 0) is 42.8 Å². The number of carbonyl (C=O) groups is 3. The minimum atomic E-state index is -0.715. The number of nitrogens with zero attached hydrogens (tertiary/aromatic N) is 1. The van der Waals surface area contributed by atoms with Crippen molar-refractivity contribution in [3.05, 3.63) is 64.3 Å². The minimum Gasteiger partial charge on any atom is -0.507 e. The van der Waals surface area contributed by atoms with E-state index >= 15 is 0 Å². The molecule has 1 aliphatic heterocycles. The molecule has 3 rings (SSSR count). The number of para-hydroxylation sites is 1. The number of hydrogen-bond donors (Lipinski definition) is 3. The highest BCUT2D eigenvalue weighted by atomic mass is 35.5. The third-order valence-corrected chi connectivity index (χ3v) is 4.21. The van der Waals surface area contributed by atoms with E-state index in [-0.39, 0.29) is 17.0 Å². The van der Waals surface area contributed by atoms with E-state index in [1.807, 2.05) is 19.1 Å². The van der Waals surface area contributed by atoms with Gasteiger partial charge < -0.3 is 15.7 Å². The zero-order valence-electron chi connectivity index (χ0n) is 14.3. The molecule has 1 heterocycles. The zero-order valence-corrected chi connectivity index (χ0v) is 15.1. The molecule has 2 aromatic carbocycles. The van der Waals surface area contributed by atoms with Crippen molar-refractivity contribution in [2.45, 2.75) is 6.92 Å². The fourth-order valence-corrected chi connectivity index (χ4v) is 2.74. The molecule has 0 radical (unpaired) electrons. The monoisotopic (exact) mass is 385 g/mol. The molecule has 0 atom stereocenters. The molecule has 7 nitrogen and oxygen atoms in total. The van der Waals surface area contributed by atoms with E-state index in [1.165, 1.54) is 24.3 Å². The van der Waals surface area contributed by atoms with Crippen LogP contribution in [0.25, 0.3) is 6.08 Å². The summed E-state index contributed by atoms with van der Waals surface area (Å²) in [6, 6.07) is 10.8. The van der Waals surface area contributed by atoms with E-state index < -0.39 is 24.4 Å². The summed E-state index contributed by atoms with van der Waals surface area (Å²) in [7, 11) is 0. The molecule has 1 fully saturated rings. The lowest BCUT2D eigenvalue weighted by Crippen LogP contribution is -2.38. The molecule has 0 unspecified atom stereocenters. The first kappa shape index (κ1) is 18.5. The van der Waals surface area contributed by atoms with E-state index in [9.17, 15) is 19.5 Å². The number of hydrogen-bond acceptors (Lipinski definition) is 4. The number of halogens is 1. The Morgan fingerprint density at radius 3 is 2.74 bits per heavy atom. The lowest BCUT2D eigenvalue weighted by molar-refractivity contribution is -0.127. The first-order valence-electron chi connectivity index (χ1n) is 8.03. The highest BCUT2D eigenvalue weighted by Gasteiger charge is 2.35. The molecule has 1 saturated heterocycles. The van der Waals surface area contributed by atoms with Gasteiger partial charge in [-0.3, -0.25) is 9.59 Å². The fraction of sp³-hybridized carbons (Fsp3) is 0.105. The van der Waals surface area contributed by atoms with Crippen LogP contribution in [0.1, 0.15) is 11.1 Å². The van der Waals surface area contributed by atoms with Crippen molar-refractivity contribution in [3.63, 3.8) is 0 Å². The van der Waals surface area contributed by atoms with Crippen LogP contribution < -0.4 is 10.6 Å². The summed E-state index contributed by atoms with van der Waals surface area (Å²) in [4.78, 5) is 37.5. The number of rotatable bonds is 4. The van der Waals surface area contributed by atoms with Gasteiger partial charge in [0.05, 0.1) is 0 Å². The van der Waals surface area contributed by atoms with Crippen LogP contribution in [-0.2, 0) is 9.59 Å². The van der Waals surface area contributed by atoms with Gasteiger partial charge in [-0.2, -0.15) is 0 Å². The van der Waals surface area contributed by atoms with Crippen molar-refractivity contribution < 1.29 is 19.5 Å². The summed E-state index contributed by atoms with van der Waals surface area (Å²) in [6.07, 6.45) is 1.31. The zero-order chi connectivity index (χ0) is 19.6. The van der Waals surface area contributed by atoms with Crippen LogP contribution in [0.2, 0.25) is 5.02 Å². The van der Waals surface area contributed by atoms with Crippen LogP contribution in [0.15, 0.2) is 48.2 Å². The summed E-state index contributed by atoms with van der Waals surface area (Å²) < 4.78 is 0. The Kier molecular flexibility index (Phi) is 5.14.